The molecule has 0 N–H and O–H groups in total. The molecule has 0 aliphatic heterocycles. The van der Waals surface area contributed by atoms with Gasteiger partial charge in [-0.05, 0) is 12.1 Å². The smallest absolute Gasteiger partial charge is 0.0838 e. The van der Waals surface area contributed by atoms with Crippen LogP contribution < -0.4 is 0 Å². The molecule has 1 aromatic heterocycles. The Hall–Kier alpha value is -0.730. The third kappa shape index (κ3) is 1.79. The Morgan fingerprint density at radius 1 is 1.23 bits per heavy atom. The van der Waals surface area contributed by atoms with Crippen molar-refractivity contribution in [2.24, 2.45) is 0 Å². The van der Waals surface area contributed by atoms with E-state index in [-0.39, 0.29) is 0 Å². The van der Waals surface area contributed by atoms with E-state index < -0.39 is 0 Å². The molecule has 3 heteroatoms. The van der Waals surface area contributed by atoms with E-state index >= 15 is 0 Å². The predicted molar refractivity (Wildman–Crippen MR) is 58.3 cm³/mol. The van der Waals surface area contributed by atoms with Crippen molar-refractivity contribution in [3.05, 3.63) is 36.5 Å². The number of nitrogens with zero attached hydrogens (tertiary/aromatic N) is 1. The van der Waals surface area contributed by atoms with Crippen LogP contribution in [0.1, 0.15) is 0 Å². The first-order valence-corrected chi connectivity index (χ1v) is 5.46. The quantitative estimate of drug-likeness (QED) is 0.555. The lowest BCUT2D eigenvalue weighted by molar-refractivity contribution is 1.35. The summed E-state index contributed by atoms with van der Waals surface area (Å²) in [6, 6.07) is 10.1. The number of alkyl halides is 1. The maximum atomic E-state index is 5.67. The van der Waals surface area contributed by atoms with Crippen molar-refractivity contribution in [1.29, 1.82) is 0 Å². The fraction of sp³-hybridized carbons (Fsp3) is 0.100. The van der Waals surface area contributed by atoms with Crippen LogP contribution in [0.3, 0.4) is 0 Å². The van der Waals surface area contributed by atoms with Crippen molar-refractivity contribution in [2.75, 3.05) is 5.21 Å². The lowest BCUT2D eigenvalue weighted by Gasteiger charge is -2.01. The predicted octanol–water partition coefficient (Wildman–Crippen LogP) is 3.52. The third-order valence-corrected chi connectivity index (χ3v) is 2.88. The van der Waals surface area contributed by atoms with Crippen molar-refractivity contribution >= 4 is 34.3 Å². The Balaban J connectivity index is 2.61. The Kier molecular flexibility index (Phi) is 2.71. The third-order valence-electron chi connectivity index (χ3n) is 1.81. The van der Waals surface area contributed by atoms with Crippen LogP contribution in [0.5, 0.6) is 0 Å². The molecular formula is C10H8ClNS. The zero-order valence-corrected chi connectivity index (χ0v) is 8.48. The van der Waals surface area contributed by atoms with Crippen LogP contribution in [0.15, 0.2) is 41.4 Å². The first-order chi connectivity index (χ1) is 6.42. The Bertz CT molecular complexity index is 411. The van der Waals surface area contributed by atoms with E-state index in [9.17, 15) is 0 Å². The molecule has 2 rings (SSSR count). The van der Waals surface area contributed by atoms with E-state index in [2.05, 4.69) is 17.1 Å². The monoisotopic (exact) mass is 209 g/mol. The summed E-state index contributed by atoms with van der Waals surface area (Å²) in [5, 5.41) is 1.73. The molecular weight excluding hydrogens is 202 g/mol. The lowest BCUT2D eigenvalue weighted by atomic mass is 10.2. The van der Waals surface area contributed by atoms with Gasteiger partial charge < -0.3 is 0 Å². The minimum atomic E-state index is 0.565. The molecule has 13 heavy (non-hydrogen) atoms. The topological polar surface area (TPSA) is 12.9 Å². The summed E-state index contributed by atoms with van der Waals surface area (Å²) >= 11 is 7.28. The maximum Gasteiger partial charge on any atom is 0.0838 e. The number of benzene rings is 1. The second-order valence-electron chi connectivity index (χ2n) is 2.58. The first-order valence-electron chi connectivity index (χ1n) is 3.94. The van der Waals surface area contributed by atoms with Gasteiger partial charge in [0.25, 0.3) is 0 Å². The minimum absolute atomic E-state index is 0.565. The van der Waals surface area contributed by atoms with Crippen LogP contribution in [-0.4, -0.2) is 10.2 Å². The molecule has 1 nitrogen and oxygen atoms in total. The molecule has 2 aromatic rings. The van der Waals surface area contributed by atoms with Crippen molar-refractivity contribution in [2.45, 2.75) is 4.90 Å². The molecule has 0 unspecified atom stereocenters. The number of halogens is 1. The number of rotatable bonds is 2. The van der Waals surface area contributed by atoms with Gasteiger partial charge in [0.05, 0.1) is 10.7 Å². The Morgan fingerprint density at radius 2 is 2.08 bits per heavy atom. The van der Waals surface area contributed by atoms with E-state index in [1.165, 1.54) is 0 Å². The van der Waals surface area contributed by atoms with Gasteiger partial charge in [0.15, 0.2) is 0 Å². The van der Waals surface area contributed by atoms with Gasteiger partial charge in [0.2, 0.25) is 0 Å². The molecule has 0 bridgehead atoms. The van der Waals surface area contributed by atoms with Crippen LogP contribution >= 0.6 is 23.4 Å². The van der Waals surface area contributed by atoms with E-state index in [0.717, 1.165) is 15.8 Å². The highest BCUT2D eigenvalue weighted by atomic mass is 35.5. The van der Waals surface area contributed by atoms with Gasteiger partial charge in [-0.15, -0.1) is 23.4 Å². The van der Waals surface area contributed by atoms with Gasteiger partial charge in [-0.2, -0.15) is 0 Å². The number of pyridine rings is 1. The van der Waals surface area contributed by atoms with E-state index in [1.807, 2.05) is 18.2 Å². The summed E-state index contributed by atoms with van der Waals surface area (Å²) in [6.45, 7) is 0. The number of hydrogen-bond acceptors (Lipinski definition) is 2. The van der Waals surface area contributed by atoms with Gasteiger partial charge in [-0.1, -0.05) is 18.2 Å². The van der Waals surface area contributed by atoms with Crippen molar-refractivity contribution in [3.63, 3.8) is 0 Å². The number of para-hydroxylation sites is 1. The summed E-state index contributed by atoms with van der Waals surface area (Å²) in [5.74, 6) is 0. The second-order valence-corrected chi connectivity index (χ2v) is 4.19. The highest BCUT2D eigenvalue weighted by Crippen LogP contribution is 2.26. The second kappa shape index (κ2) is 3.99. The lowest BCUT2D eigenvalue weighted by Crippen LogP contribution is -1.80. The molecule has 0 fully saturated rings. The molecule has 0 atom stereocenters. The molecule has 1 aromatic carbocycles. The van der Waals surface area contributed by atoms with E-state index in [1.54, 1.807) is 18.0 Å². The van der Waals surface area contributed by atoms with Crippen LogP contribution in [0.25, 0.3) is 10.9 Å². The standard InChI is InChI=1S/C10H8ClNS/c11-7-13-9-5-1-3-8-4-2-6-12-10(8)9/h1-6H,7H2. The molecule has 0 spiro atoms. The summed E-state index contributed by atoms with van der Waals surface area (Å²) in [6.07, 6.45) is 1.81. The summed E-state index contributed by atoms with van der Waals surface area (Å²) in [7, 11) is 0. The van der Waals surface area contributed by atoms with Gasteiger partial charge >= 0.3 is 0 Å². The fourth-order valence-electron chi connectivity index (χ4n) is 1.25. The fourth-order valence-corrected chi connectivity index (χ4v) is 2.20. The first kappa shape index (κ1) is 8.85. The molecule has 0 aliphatic carbocycles. The minimum Gasteiger partial charge on any atom is -0.255 e. The van der Waals surface area contributed by atoms with Crippen molar-refractivity contribution in [3.8, 4) is 0 Å². The molecule has 66 valence electrons. The van der Waals surface area contributed by atoms with Crippen molar-refractivity contribution in [1.82, 2.24) is 4.98 Å². The van der Waals surface area contributed by atoms with Gasteiger partial charge in [0, 0.05) is 16.5 Å². The summed E-state index contributed by atoms with van der Waals surface area (Å²) in [4.78, 5) is 5.47. The number of fused-ring (bicyclic) bond motifs is 1. The number of hydrogen-bond donors (Lipinski definition) is 0. The largest absolute Gasteiger partial charge is 0.255 e. The summed E-state index contributed by atoms with van der Waals surface area (Å²) in [5.41, 5.74) is 1.04. The molecule has 0 radical (unpaired) electrons. The molecule has 0 saturated carbocycles. The Morgan fingerprint density at radius 3 is 2.92 bits per heavy atom. The van der Waals surface area contributed by atoms with Gasteiger partial charge in [-0.25, -0.2) is 0 Å². The number of thioether (sulfide) groups is 1. The van der Waals surface area contributed by atoms with Crippen LogP contribution in [-0.2, 0) is 0 Å². The van der Waals surface area contributed by atoms with Crippen molar-refractivity contribution < 1.29 is 0 Å². The Labute approximate surface area is 86.1 Å². The number of aromatic nitrogens is 1. The molecule has 0 aliphatic rings. The molecule has 0 amide bonds. The van der Waals surface area contributed by atoms with Crippen LogP contribution in [0.4, 0.5) is 0 Å². The average Bonchev–Trinajstić information content (AvgIpc) is 2.19. The highest BCUT2D eigenvalue weighted by molar-refractivity contribution is 8.00. The zero-order chi connectivity index (χ0) is 9.10. The van der Waals surface area contributed by atoms with E-state index in [4.69, 9.17) is 11.6 Å². The SMILES string of the molecule is ClCSc1cccc2cccnc12. The normalized spacial score (nSPS) is 10.5. The van der Waals surface area contributed by atoms with Crippen LogP contribution in [0.2, 0.25) is 0 Å². The molecule has 0 saturated heterocycles. The molecule has 1 heterocycles. The summed E-state index contributed by atoms with van der Waals surface area (Å²) < 4.78 is 0. The van der Waals surface area contributed by atoms with E-state index in [0.29, 0.717) is 5.21 Å². The van der Waals surface area contributed by atoms with Crippen LogP contribution in [0, 0.1) is 0 Å². The van der Waals surface area contributed by atoms with Gasteiger partial charge in [0.1, 0.15) is 0 Å². The zero-order valence-electron chi connectivity index (χ0n) is 6.90. The maximum absolute atomic E-state index is 5.67. The average molecular weight is 210 g/mol. The highest BCUT2D eigenvalue weighted by Gasteiger charge is 2.00. The van der Waals surface area contributed by atoms with Gasteiger partial charge in [-0.3, -0.25) is 4.98 Å².